The molecule has 0 spiro atoms. The van der Waals surface area contributed by atoms with Gasteiger partial charge in [0.15, 0.2) is 0 Å². The monoisotopic (exact) mass is 308 g/mol. The van der Waals surface area contributed by atoms with Gasteiger partial charge in [0.2, 0.25) is 10.0 Å². The molecule has 112 valence electrons. The van der Waals surface area contributed by atoms with E-state index in [1.165, 1.54) is 12.3 Å². The summed E-state index contributed by atoms with van der Waals surface area (Å²) in [6.45, 7) is 1.21. The topological polar surface area (TPSA) is 91.5 Å². The lowest BCUT2D eigenvalue weighted by molar-refractivity contribution is 0.0685. The fourth-order valence-electron chi connectivity index (χ4n) is 2.43. The summed E-state index contributed by atoms with van der Waals surface area (Å²) in [6, 6.07) is 6.53. The first-order chi connectivity index (χ1) is 10.1. The van der Waals surface area contributed by atoms with Gasteiger partial charge in [-0.05, 0) is 37.1 Å². The van der Waals surface area contributed by atoms with Gasteiger partial charge < -0.3 is 9.47 Å². The van der Waals surface area contributed by atoms with E-state index in [1.807, 2.05) is 0 Å². The molecule has 1 saturated heterocycles. The molecule has 0 radical (unpaired) electrons. The lowest BCUT2D eigenvalue weighted by Gasteiger charge is -2.14. The Balaban J connectivity index is 1.96. The smallest absolute Gasteiger partial charge is 0.240 e. The van der Waals surface area contributed by atoms with Gasteiger partial charge in [0.1, 0.15) is 17.3 Å². The van der Waals surface area contributed by atoms with Crippen LogP contribution in [-0.4, -0.2) is 32.7 Å². The first-order valence-electron chi connectivity index (χ1n) is 6.70. The highest BCUT2D eigenvalue weighted by atomic mass is 32.2. The molecule has 6 nitrogen and oxygen atoms in total. The second-order valence-corrected chi connectivity index (χ2v) is 6.48. The summed E-state index contributed by atoms with van der Waals surface area (Å²) in [5.41, 5.74) is 0.324. The van der Waals surface area contributed by atoms with E-state index in [-0.39, 0.29) is 11.0 Å². The SMILES string of the molecule is NS(=O)(=O)c1ccc(OCC2CCCO2)c2cccnc12. The molecule has 1 aromatic carbocycles. The summed E-state index contributed by atoms with van der Waals surface area (Å²) in [6.07, 6.45) is 3.64. The minimum Gasteiger partial charge on any atom is -0.490 e. The zero-order chi connectivity index (χ0) is 14.9. The summed E-state index contributed by atoms with van der Waals surface area (Å²) in [5.74, 6) is 0.584. The minimum atomic E-state index is -3.82. The van der Waals surface area contributed by atoms with E-state index in [2.05, 4.69) is 4.98 Å². The van der Waals surface area contributed by atoms with Crippen LogP contribution in [0, 0.1) is 0 Å². The Morgan fingerprint density at radius 1 is 1.38 bits per heavy atom. The Hall–Kier alpha value is -1.70. The predicted molar refractivity (Wildman–Crippen MR) is 77.6 cm³/mol. The van der Waals surface area contributed by atoms with Crippen molar-refractivity contribution in [2.24, 2.45) is 5.14 Å². The standard InChI is InChI=1S/C14H16N2O4S/c15-21(17,18)13-6-5-12(11-4-1-7-16-14(11)13)20-9-10-3-2-8-19-10/h1,4-7,10H,2-3,8-9H2,(H2,15,17,18). The Kier molecular flexibility index (Phi) is 3.79. The number of ether oxygens (including phenoxy) is 2. The third-order valence-corrected chi connectivity index (χ3v) is 4.39. The van der Waals surface area contributed by atoms with E-state index in [9.17, 15) is 8.42 Å². The zero-order valence-electron chi connectivity index (χ0n) is 11.4. The van der Waals surface area contributed by atoms with Crippen molar-refractivity contribution < 1.29 is 17.9 Å². The van der Waals surface area contributed by atoms with Gasteiger partial charge in [0.25, 0.3) is 0 Å². The lowest BCUT2D eigenvalue weighted by atomic mass is 10.2. The van der Waals surface area contributed by atoms with E-state index in [0.717, 1.165) is 19.4 Å². The zero-order valence-corrected chi connectivity index (χ0v) is 12.2. The Labute approximate surface area is 122 Å². The molecule has 1 aliphatic heterocycles. The first-order valence-corrected chi connectivity index (χ1v) is 8.25. The quantitative estimate of drug-likeness (QED) is 0.922. The van der Waals surface area contributed by atoms with Gasteiger partial charge in [-0.15, -0.1) is 0 Å². The van der Waals surface area contributed by atoms with Crippen LogP contribution in [0.2, 0.25) is 0 Å². The number of pyridine rings is 1. The van der Waals surface area contributed by atoms with Crippen molar-refractivity contribution in [3.8, 4) is 5.75 Å². The molecule has 1 fully saturated rings. The molecule has 1 unspecified atom stereocenters. The molecule has 1 aromatic heterocycles. The van der Waals surface area contributed by atoms with E-state index in [4.69, 9.17) is 14.6 Å². The number of rotatable bonds is 4. The number of nitrogens with zero attached hydrogens (tertiary/aromatic N) is 1. The Bertz CT molecular complexity index is 755. The highest BCUT2D eigenvalue weighted by Gasteiger charge is 2.19. The van der Waals surface area contributed by atoms with Crippen molar-refractivity contribution in [3.63, 3.8) is 0 Å². The number of nitrogens with two attached hydrogens (primary N) is 1. The van der Waals surface area contributed by atoms with Crippen LogP contribution in [0.3, 0.4) is 0 Å². The number of benzene rings is 1. The van der Waals surface area contributed by atoms with E-state index < -0.39 is 10.0 Å². The molecular weight excluding hydrogens is 292 g/mol. The highest BCUT2D eigenvalue weighted by Crippen LogP contribution is 2.29. The summed E-state index contributed by atoms with van der Waals surface area (Å²) in [7, 11) is -3.82. The Morgan fingerprint density at radius 2 is 2.24 bits per heavy atom. The average molecular weight is 308 g/mol. The maximum absolute atomic E-state index is 11.6. The number of aromatic nitrogens is 1. The normalized spacial score (nSPS) is 19.0. The van der Waals surface area contributed by atoms with Crippen molar-refractivity contribution >= 4 is 20.9 Å². The van der Waals surface area contributed by atoms with Crippen LogP contribution in [0.1, 0.15) is 12.8 Å². The van der Waals surface area contributed by atoms with Gasteiger partial charge in [-0.3, -0.25) is 4.98 Å². The lowest BCUT2D eigenvalue weighted by Crippen LogP contribution is -2.17. The van der Waals surface area contributed by atoms with Crippen LogP contribution < -0.4 is 9.88 Å². The largest absolute Gasteiger partial charge is 0.490 e. The van der Waals surface area contributed by atoms with Crippen molar-refractivity contribution in [1.82, 2.24) is 4.98 Å². The molecule has 0 aliphatic carbocycles. The third-order valence-electron chi connectivity index (χ3n) is 3.45. The summed E-state index contributed by atoms with van der Waals surface area (Å²) in [4.78, 5) is 4.12. The molecule has 1 atom stereocenters. The fourth-order valence-corrected chi connectivity index (χ4v) is 3.12. The number of hydrogen-bond donors (Lipinski definition) is 1. The van der Waals surface area contributed by atoms with Crippen LogP contribution in [0.5, 0.6) is 5.75 Å². The van der Waals surface area contributed by atoms with Gasteiger partial charge in [0, 0.05) is 18.2 Å². The molecule has 2 heterocycles. The summed E-state index contributed by atoms with van der Waals surface area (Å²) >= 11 is 0. The average Bonchev–Trinajstić information content (AvgIpc) is 2.96. The summed E-state index contributed by atoms with van der Waals surface area (Å²) in [5, 5.41) is 5.84. The van der Waals surface area contributed by atoms with Gasteiger partial charge >= 0.3 is 0 Å². The van der Waals surface area contributed by atoms with E-state index >= 15 is 0 Å². The van der Waals surface area contributed by atoms with Crippen LogP contribution in [0.4, 0.5) is 0 Å². The van der Waals surface area contributed by atoms with Crippen molar-refractivity contribution in [2.45, 2.75) is 23.8 Å². The van der Waals surface area contributed by atoms with Crippen molar-refractivity contribution in [3.05, 3.63) is 30.5 Å². The number of sulfonamides is 1. The molecule has 0 saturated carbocycles. The molecule has 0 bridgehead atoms. The van der Waals surface area contributed by atoms with Crippen LogP contribution in [0.15, 0.2) is 35.4 Å². The maximum Gasteiger partial charge on any atom is 0.240 e. The Morgan fingerprint density at radius 3 is 2.95 bits per heavy atom. The molecule has 21 heavy (non-hydrogen) atoms. The molecular formula is C14H16N2O4S. The highest BCUT2D eigenvalue weighted by molar-refractivity contribution is 7.89. The second kappa shape index (κ2) is 5.59. The predicted octanol–water partition coefficient (Wildman–Crippen LogP) is 1.44. The third kappa shape index (κ3) is 2.99. The molecule has 7 heteroatoms. The maximum atomic E-state index is 11.6. The minimum absolute atomic E-state index is 0.00238. The second-order valence-electron chi connectivity index (χ2n) is 4.95. The van der Waals surface area contributed by atoms with Gasteiger partial charge in [-0.2, -0.15) is 0 Å². The van der Waals surface area contributed by atoms with Crippen molar-refractivity contribution in [1.29, 1.82) is 0 Å². The van der Waals surface area contributed by atoms with Crippen LogP contribution in [-0.2, 0) is 14.8 Å². The van der Waals surface area contributed by atoms with Crippen molar-refractivity contribution in [2.75, 3.05) is 13.2 Å². The van der Waals surface area contributed by atoms with Crippen LogP contribution >= 0.6 is 0 Å². The molecule has 0 amide bonds. The molecule has 1 aliphatic rings. The molecule has 2 N–H and O–H groups in total. The van der Waals surface area contributed by atoms with E-state index in [0.29, 0.717) is 23.3 Å². The molecule has 2 aromatic rings. The number of fused-ring (bicyclic) bond motifs is 1. The first kappa shape index (κ1) is 14.2. The number of primary sulfonamides is 1. The molecule has 3 rings (SSSR count). The number of hydrogen-bond acceptors (Lipinski definition) is 5. The van der Waals surface area contributed by atoms with Gasteiger partial charge in [-0.25, -0.2) is 13.6 Å². The van der Waals surface area contributed by atoms with Gasteiger partial charge in [-0.1, -0.05) is 0 Å². The summed E-state index contributed by atoms with van der Waals surface area (Å²) < 4.78 is 34.5. The van der Waals surface area contributed by atoms with Gasteiger partial charge in [0.05, 0.1) is 11.6 Å². The van der Waals surface area contributed by atoms with Crippen LogP contribution in [0.25, 0.3) is 10.9 Å². The fraction of sp³-hybridized carbons (Fsp3) is 0.357. The van der Waals surface area contributed by atoms with E-state index in [1.54, 1.807) is 18.2 Å².